The Morgan fingerprint density at radius 1 is 1.45 bits per heavy atom. The first-order chi connectivity index (χ1) is 5.38. The summed E-state index contributed by atoms with van der Waals surface area (Å²) in [5, 5.41) is 2.97. The number of anilines is 1. The molecule has 0 atom stereocenters. The second-order valence-electron chi connectivity index (χ2n) is 2.05. The summed E-state index contributed by atoms with van der Waals surface area (Å²) in [5.74, 6) is 0.826. The molecule has 1 aromatic rings. The van der Waals surface area contributed by atoms with Crippen molar-refractivity contribution in [2.45, 2.75) is 0 Å². The van der Waals surface area contributed by atoms with Crippen molar-refractivity contribution in [1.29, 1.82) is 0 Å². The largest absolute Gasteiger partial charge is 0.495 e. The van der Waals surface area contributed by atoms with Gasteiger partial charge in [0.15, 0.2) is 0 Å². The molecular formula is C9H11NO. The molecule has 0 aliphatic heterocycles. The summed E-state index contributed by atoms with van der Waals surface area (Å²) in [5.41, 5.74) is 0.935. The average molecular weight is 149 g/mol. The van der Waals surface area contributed by atoms with Gasteiger partial charge in [0.25, 0.3) is 0 Å². The number of nitrogens with one attached hydrogen (secondary N) is 1. The maximum atomic E-state index is 5.09. The van der Waals surface area contributed by atoms with Gasteiger partial charge in [0.1, 0.15) is 5.75 Å². The first kappa shape index (κ1) is 7.66. The lowest BCUT2D eigenvalue weighted by molar-refractivity contribution is 0.417. The Balaban J connectivity index is 2.92. The summed E-state index contributed by atoms with van der Waals surface area (Å²) >= 11 is 0. The number of rotatable bonds is 3. The van der Waals surface area contributed by atoms with E-state index in [1.807, 2.05) is 24.3 Å². The minimum atomic E-state index is 0.826. The van der Waals surface area contributed by atoms with Crippen LogP contribution in [-0.2, 0) is 0 Å². The fourth-order valence-corrected chi connectivity index (χ4v) is 0.874. The van der Waals surface area contributed by atoms with Crippen molar-refractivity contribution >= 4 is 5.69 Å². The van der Waals surface area contributed by atoms with Crippen molar-refractivity contribution in [2.75, 3.05) is 12.4 Å². The van der Waals surface area contributed by atoms with Gasteiger partial charge in [-0.15, -0.1) is 0 Å². The van der Waals surface area contributed by atoms with Crippen LogP contribution in [0.5, 0.6) is 5.75 Å². The molecule has 58 valence electrons. The van der Waals surface area contributed by atoms with Crippen LogP contribution in [-0.4, -0.2) is 7.11 Å². The maximum absolute atomic E-state index is 5.09. The smallest absolute Gasteiger partial charge is 0.142 e. The average Bonchev–Trinajstić information content (AvgIpc) is 2.06. The molecule has 1 aromatic carbocycles. The first-order valence-electron chi connectivity index (χ1n) is 3.39. The third-order valence-corrected chi connectivity index (χ3v) is 1.36. The predicted molar refractivity (Wildman–Crippen MR) is 46.8 cm³/mol. The SMILES string of the molecule is C=CNc1ccccc1OC. The van der Waals surface area contributed by atoms with E-state index in [1.54, 1.807) is 13.3 Å². The molecule has 2 nitrogen and oxygen atoms in total. The van der Waals surface area contributed by atoms with Gasteiger partial charge in [-0.3, -0.25) is 0 Å². The van der Waals surface area contributed by atoms with Crippen molar-refractivity contribution in [3.63, 3.8) is 0 Å². The highest BCUT2D eigenvalue weighted by molar-refractivity contribution is 5.57. The summed E-state index contributed by atoms with van der Waals surface area (Å²) < 4.78 is 5.09. The quantitative estimate of drug-likeness (QED) is 0.711. The van der Waals surface area contributed by atoms with Crippen molar-refractivity contribution in [1.82, 2.24) is 0 Å². The Kier molecular flexibility index (Phi) is 2.55. The van der Waals surface area contributed by atoms with Crippen LogP contribution in [0.1, 0.15) is 0 Å². The van der Waals surface area contributed by atoms with Gasteiger partial charge in [-0.1, -0.05) is 18.7 Å². The highest BCUT2D eigenvalue weighted by atomic mass is 16.5. The molecule has 0 amide bonds. The lowest BCUT2D eigenvalue weighted by Gasteiger charge is -2.06. The fourth-order valence-electron chi connectivity index (χ4n) is 0.874. The molecule has 0 fully saturated rings. The molecule has 2 heteroatoms. The highest BCUT2D eigenvalue weighted by Gasteiger charge is 1.96. The van der Waals surface area contributed by atoms with Gasteiger partial charge in [-0.05, 0) is 18.3 Å². The summed E-state index contributed by atoms with van der Waals surface area (Å²) in [7, 11) is 1.64. The molecule has 0 heterocycles. The van der Waals surface area contributed by atoms with Crippen molar-refractivity contribution in [3.05, 3.63) is 37.0 Å². The van der Waals surface area contributed by atoms with Gasteiger partial charge in [-0.25, -0.2) is 0 Å². The van der Waals surface area contributed by atoms with E-state index >= 15 is 0 Å². The van der Waals surface area contributed by atoms with Crippen LogP contribution < -0.4 is 10.1 Å². The normalized spacial score (nSPS) is 8.82. The number of hydrogen-bond acceptors (Lipinski definition) is 2. The Morgan fingerprint density at radius 2 is 2.18 bits per heavy atom. The second kappa shape index (κ2) is 3.66. The lowest BCUT2D eigenvalue weighted by Crippen LogP contribution is -1.91. The molecule has 0 saturated carbocycles. The Morgan fingerprint density at radius 3 is 2.82 bits per heavy atom. The van der Waals surface area contributed by atoms with E-state index in [2.05, 4.69) is 11.9 Å². The first-order valence-corrected chi connectivity index (χ1v) is 3.39. The van der Waals surface area contributed by atoms with Gasteiger partial charge in [0, 0.05) is 0 Å². The van der Waals surface area contributed by atoms with E-state index in [-0.39, 0.29) is 0 Å². The van der Waals surface area contributed by atoms with E-state index in [0.29, 0.717) is 0 Å². The molecule has 0 spiro atoms. The zero-order valence-electron chi connectivity index (χ0n) is 6.50. The van der Waals surface area contributed by atoms with Gasteiger partial charge in [-0.2, -0.15) is 0 Å². The zero-order valence-corrected chi connectivity index (χ0v) is 6.50. The fraction of sp³-hybridized carbons (Fsp3) is 0.111. The van der Waals surface area contributed by atoms with Crippen molar-refractivity contribution in [2.24, 2.45) is 0 Å². The summed E-state index contributed by atoms with van der Waals surface area (Å²) in [6.45, 7) is 3.56. The Bertz CT molecular complexity index is 245. The lowest BCUT2D eigenvalue weighted by atomic mass is 10.3. The summed E-state index contributed by atoms with van der Waals surface area (Å²) in [4.78, 5) is 0. The monoisotopic (exact) mass is 149 g/mol. The number of methoxy groups -OCH3 is 1. The van der Waals surface area contributed by atoms with Crippen molar-refractivity contribution < 1.29 is 4.74 Å². The van der Waals surface area contributed by atoms with Crippen LogP contribution in [0.2, 0.25) is 0 Å². The highest BCUT2D eigenvalue weighted by Crippen LogP contribution is 2.22. The molecule has 1 N–H and O–H groups in total. The van der Waals surface area contributed by atoms with Crippen LogP contribution in [0, 0.1) is 0 Å². The van der Waals surface area contributed by atoms with Crippen LogP contribution in [0.25, 0.3) is 0 Å². The van der Waals surface area contributed by atoms with Gasteiger partial charge < -0.3 is 10.1 Å². The van der Waals surface area contributed by atoms with E-state index in [0.717, 1.165) is 11.4 Å². The third-order valence-electron chi connectivity index (χ3n) is 1.36. The molecule has 0 unspecified atom stereocenters. The molecule has 1 rings (SSSR count). The maximum Gasteiger partial charge on any atom is 0.142 e. The van der Waals surface area contributed by atoms with Crippen LogP contribution >= 0.6 is 0 Å². The molecule has 0 saturated heterocycles. The van der Waals surface area contributed by atoms with E-state index in [1.165, 1.54) is 0 Å². The molecule has 0 bridgehead atoms. The molecule has 0 aliphatic carbocycles. The predicted octanol–water partition coefficient (Wildman–Crippen LogP) is 2.25. The Labute approximate surface area is 66.5 Å². The van der Waals surface area contributed by atoms with Gasteiger partial charge >= 0.3 is 0 Å². The van der Waals surface area contributed by atoms with Crippen molar-refractivity contribution in [3.8, 4) is 5.75 Å². The topological polar surface area (TPSA) is 21.3 Å². The zero-order chi connectivity index (χ0) is 8.10. The van der Waals surface area contributed by atoms with Gasteiger partial charge in [0.05, 0.1) is 12.8 Å². The summed E-state index contributed by atoms with van der Waals surface area (Å²) in [6, 6.07) is 7.69. The van der Waals surface area contributed by atoms with Crippen LogP contribution in [0.4, 0.5) is 5.69 Å². The van der Waals surface area contributed by atoms with Crippen LogP contribution in [0.15, 0.2) is 37.0 Å². The molecule has 0 radical (unpaired) electrons. The molecule has 11 heavy (non-hydrogen) atoms. The minimum absolute atomic E-state index is 0.826. The summed E-state index contributed by atoms with van der Waals surface area (Å²) in [6.07, 6.45) is 1.62. The van der Waals surface area contributed by atoms with E-state index in [4.69, 9.17) is 4.74 Å². The van der Waals surface area contributed by atoms with Gasteiger partial charge in [0.2, 0.25) is 0 Å². The number of ether oxygens (including phenoxy) is 1. The molecular weight excluding hydrogens is 138 g/mol. The number of para-hydroxylation sites is 2. The van der Waals surface area contributed by atoms with Crippen LogP contribution in [0.3, 0.4) is 0 Å². The number of hydrogen-bond donors (Lipinski definition) is 1. The van der Waals surface area contributed by atoms with E-state index in [9.17, 15) is 0 Å². The molecule has 0 aromatic heterocycles. The minimum Gasteiger partial charge on any atom is -0.495 e. The Hall–Kier alpha value is -1.44. The number of benzene rings is 1. The standard InChI is InChI=1S/C9H11NO/c1-3-10-8-6-4-5-7-9(8)11-2/h3-7,10H,1H2,2H3. The molecule has 0 aliphatic rings. The van der Waals surface area contributed by atoms with E-state index < -0.39 is 0 Å². The third kappa shape index (κ3) is 1.74. The second-order valence-corrected chi connectivity index (χ2v) is 2.05.